The van der Waals surface area contributed by atoms with Gasteiger partial charge in [-0.3, -0.25) is 14.5 Å². The fourth-order valence-electron chi connectivity index (χ4n) is 4.95. The first-order valence-electron chi connectivity index (χ1n) is 12.4. The maximum Gasteiger partial charge on any atom is 0.245 e. The fraction of sp³-hybridized carbons (Fsp3) is 0.500. The molecule has 0 radical (unpaired) electrons. The lowest BCUT2D eigenvalue weighted by molar-refractivity contribution is -0.148. The Kier molecular flexibility index (Phi) is 7.88. The van der Waals surface area contributed by atoms with Gasteiger partial charge in [0.2, 0.25) is 11.8 Å². The molecule has 1 unspecified atom stereocenters. The van der Waals surface area contributed by atoms with Crippen LogP contribution in [0.25, 0.3) is 0 Å². The topological polar surface area (TPSA) is 53.1 Å². The van der Waals surface area contributed by atoms with E-state index in [4.69, 9.17) is 4.74 Å². The maximum absolute atomic E-state index is 13.6. The second kappa shape index (κ2) is 11.0. The van der Waals surface area contributed by atoms with Crippen molar-refractivity contribution in [2.24, 2.45) is 5.92 Å². The first-order valence-corrected chi connectivity index (χ1v) is 12.4. The van der Waals surface area contributed by atoms with Gasteiger partial charge >= 0.3 is 0 Å². The van der Waals surface area contributed by atoms with E-state index in [-0.39, 0.29) is 17.7 Å². The Hall–Kier alpha value is -2.86. The predicted octanol–water partition coefficient (Wildman–Crippen LogP) is 3.38. The van der Waals surface area contributed by atoms with Crippen molar-refractivity contribution >= 4 is 11.8 Å². The molecule has 4 rings (SSSR count). The Morgan fingerprint density at radius 2 is 1.65 bits per heavy atom. The van der Waals surface area contributed by atoms with Crippen molar-refractivity contribution < 1.29 is 14.3 Å². The van der Waals surface area contributed by atoms with Crippen LogP contribution in [0.3, 0.4) is 0 Å². The second-order valence-electron chi connectivity index (χ2n) is 9.87. The molecule has 2 aromatic carbocycles. The van der Waals surface area contributed by atoms with E-state index in [1.807, 2.05) is 34.1 Å². The maximum atomic E-state index is 13.6. The number of carbonyl (C=O) groups is 2. The highest BCUT2D eigenvalue weighted by Crippen LogP contribution is 2.26. The van der Waals surface area contributed by atoms with Crippen molar-refractivity contribution in [3.8, 4) is 5.75 Å². The van der Waals surface area contributed by atoms with E-state index >= 15 is 0 Å². The molecule has 2 aliphatic rings. The number of methoxy groups -OCH3 is 1. The number of rotatable bonds is 7. The largest absolute Gasteiger partial charge is 0.497 e. The summed E-state index contributed by atoms with van der Waals surface area (Å²) < 4.78 is 5.24. The van der Waals surface area contributed by atoms with Gasteiger partial charge < -0.3 is 14.5 Å². The fourth-order valence-corrected chi connectivity index (χ4v) is 4.95. The van der Waals surface area contributed by atoms with Crippen LogP contribution in [0.5, 0.6) is 5.75 Å². The summed E-state index contributed by atoms with van der Waals surface area (Å²) in [6, 6.07) is 16.0. The average molecular weight is 464 g/mol. The summed E-state index contributed by atoms with van der Waals surface area (Å²) >= 11 is 0. The van der Waals surface area contributed by atoms with Crippen LogP contribution in [0.4, 0.5) is 0 Å². The summed E-state index contributed by atoms with van der Waals surface area (Å²) in [6.07, 6.45) is 2.07. The number of carbonyl (C=O) groups excluding carboxylic acids is 2. The number of benzene rings is 2. The number of ether oxygens (including phenoxy) is 1. The quantitative estimate of drug-likeness (QED) is 0.632. The van der Waals surface area contributed by atoms with Gasteiger partial charge in [0.25, 0.3) is 0 Å². The molecule has 2 heterocycles. The summed E-state index contributed by atoms with van der Waals surface area (Å²) in [5, 5.41) is 0. The number of hydrogen-bond acceptors (Lipinski definition) is 4. The zero-order chi connectivity index (χ0) is 24.1. The Balaban J connectivity index is 1.36. The van der Waals surface area contributed by atoms with E-state index in [9.17, 15) is 9.59 Å². The van der Waals surface area contributed by atoms with E-state index in [2.05, 4.69) is 43.0 Å². The van der Waals surface area contributed by atoms with Gasteiger partial charge in [0, 0.05) is 52.1 Å². The zero-order valence-corrected chi connectivity index (χ0v) is 20.7. The predicted molar refractivity (Wildman–Crippen MR) is 134 cm³/mol. The minimum absolute atomic E-state index is 0.0842. The van der Waals surface area contributed by atoms with E-state index in [1.165, 1.54) is 11.1 Å². The van der Waals surface area contributed by atoms with E-state index in [1.54, 1.807) is 7.11 Å². The molecular weight excluding hydrogens is 426 g/mol. The summed E-state index contributed by atoms with van der Waals surface area (Å²) in [6.45, 7) is 8.77. The van der Waals surface area contributed by atoms with Crippen molar-refractivity contribution in [1.29, 1.82) is 0 Å². The third-order valence-corrected chi connectivity index (χ3v) is 7.00. The van der Waals surface area contributed by atoms with Crippen LogP contribution in [0.15, 0.2) is 48.5 Å². The van der Waals surface area contributed by atoms with Crippen LogP contribution >= 0.6 is 0 Å². The SMILES string of the molecule is COc1ccc(CCN2CCN(C(=O)C3Cc4ccccc4CN3C(=O)CC(C)C)CC2)cc1. The first kappa shape index (κ1) is 24.3. The molecule has 0 aromatic heterocycles. The standard InChI is InChI=1S/C28H37N3O3/c1-21(2)18-27(32)31-20-24-7-5-4-6-23(24)19-26(31)28(33)30-16-14-29(15-17-30)13-12-22-8-10-25(34-3)11-9-22/h4-11,21,26H,12-20H2,1-3H3. The zero-order valence-electron chi connectivity index (χ0n) is 20.7. The number of fused-ring (bicyclic) bond motifs is 1. The smallest absolute Gasteiger partial charge is 0.245 e. The van der Waals surface area contributed by atoms with Crippen molar-refractivity contribution in [2.75, 3.05) is 39.8 Å². The van der Waals surface area contributed by atoms with Gasteiger partial charge in [0.05, 0.1) is 7.11 Å². The Morgan fingerprint density at radius 3 is 2.29 bits per heavy atom. The van der Waals surface area contributed by atoms with Crippen LogP contribution in [-0.2, 0) is 29.0 Å². The van der Waals surface area contributed by atoms with Crippen LogP contribution in [0.2, 0.25) is 0 Å². The molecule has 1 saturated heterocycles. The minimum atomic E-state index is -0.396. The second-order valence-corrected chi connectivity index (χ2v) is 9.87. The van der Waals surface area contributed by atoms with Gasteiger partial charge in [0.15, 0.2) is 0 Å². The third kappa shape index (κ3) is 5.79. The van der Waals surface area contributed by atoms with Gasteiger partial charge in [-0.25, -0.2) is 0 Å². The molecule has 34 heavy (non-hydrogen) atoms. The molecule has 6 nitrogen and oxygen atoms in total. The van der Waals surface area contributed by atoms with Crippen LogP contribution in [0, 0.1) is 5.92 Å². The molecule has 1 atom stereocenters. The van der Waals surface area contributed by atoms with E-state index < -0.39 is 6.04 Å². The summed E-state index contributed by atoms with van der Waals surface area (Å²) in [7, 11) is 1.68. The molecule has 1 fully saturated rings. The van der Waals surface area contributed by atoms with Crippen LogP contribution in [0.1, 0.15) is 37.0 Å². The van der Waals surface area contributed by atoms with Crippen molar-refractivity contribution in [3.63, 3.8) is 0 Å². The highest BCUT2D eigenvalue weighted by Gasteiger charge is 2.37. The number of amides is 2. The minimum Gasteiger partial charge on any atom is -0.497 e. The Labute approximate surface area is 203 Å². The first-order chi connectivity index (χ1) is 16.4. The van der Waals surface area contributed by atoms with E-state index in [0.717, 1.165) is 37.4 Å². The van der Waals surface area contributed by atoms with Gasteiger partial charge in [-0.15, -0.1) is 0 Å². The molecule has 0 N–H and O–H groups in total. The summed E-state index contributed by atoms with van der Waals surface area (Å²) in [4.78, 5) is 32.9. The molecule has 2 aromatic rings. The van der Waals surface area contributed by atoms with Crippen molar-refractivity contribution in [2.45, 2.75) is 45.7 Å². The van der Waals surface area contributed by atoms with Gasteiger partial charge in [0.1, 0.15) is 11.8 Å². The lowest BCUT2D eigenvalue weighted by atomic mass is 9.92. The molecule has 6 heteroatoms. The third-order valence-electron chi connectivity index (χ3n) is 7.00. The molecule has 2 amide bonds. The Bertz CT molecular complexity index is 981. The number of piperazine rings is 1. The van der Waals surface area contributed by atoms with Crippen LogP contribution < -0.4 is 4.74 Å². The Morgan fingerprint density at radius 1 is 0.971 bits per heavy atom. The molecule has 0 saturated carbocycles. The number of nitrogens with zero attached hydrogens (tertiary/aromatic N) is 3. The normalized spacial score (nSPS) is 18.6. The molecule has 2 aliphatic heterocycles. The van der Waals surface area contributed by atoms with Crippen LogP contribution in [-0.4, -0.2) is 72.4 Å². The lowest BCUT2D eigenvalue weighted by Crippen LogP contribution is -2.57. The van der Waals surface area contributed by atoms with Gasteiger partial charge in [-0.1, -0.05) is 50.2 Å². The highest BCUT2D eigenvalue weighted by atomic mass is 16.5. The van der Waals surface area contributed by atoms with E-state index in [0.29, 0.717) is 32.5 Å². The van der Waals surface area contributed by atoms with Crippen molar-refractivity contribution in [3.05, 3.63) is 65.2 Å². The molecule has 0 aliphatic carbocycles. The van der Waals surface area contributed by atoms with Gasteiger partial charge in [-0.2, -0.15) is 0 Å². The molecule has 182 valence electrons. The summed E-state index contributed by atoms with van der Waals surface area (Å²) in [5.41, 5.74) is 3.64. The molecular formula is C28H37N3O3. The summed E-state index contributed by atoms with van der Waals surface area (Å²) in [5.74, 6) is 1.33. The lowest BCUT2D eigenvalue weighted by Gasteiger charge is -2.41. The van der Waals surface area contributed by atoms with Crippen molar-refractivity contribution in [1.82, 2.24) is 14.7 Å². The molecule has 0 bridgehead atoms. The molecule has 0 spiro atoms. The number of hydrogen-bond donors (Lipinski definition) is 0. The highest BCUT2D eigenvalue weighted by molar-refractivity contribution is 5.88. The average Bonchev–Trinajstić information content (AvgIpc) is 2.86. The van der Waals surface area contributed by atoms with Gasteiger partial charge in [-0.05, 0) is 41.2 Å². The monoisotopic (exact) mass is 463 g/mol.